The van der Waals surface area contributed by atoms with E-state index in [2.05, 4.69) is 31.2 Å². The number of nitrogens with zero attached hydrogens (tertiary/aromatic N) is 1. The maximum Gasteiger partial charge on any atom is 0.322 e. The number of hydrogen-bond acceptors (Lipinski definition) is 8. The van der Waals surface area contributed by atoms with Gasteiger partial charge in [-0.05, 0) is 29.7 Å². The third-order valence-corrected chi connectivity index (χ3v) is 6.11. The Bertz CT molecular complexity index is 1350. The summed E-state index contributed by atoms with van der Waals surface area (Å²) >= 11 is 0. The Morgan fingerprint density at radius 3 is 2.07 bits per heavy atom. The number of aromatic hydroxyl groups is 1. The smallest absolute Gasteiger partial charge is 0.322 e. The van der Waals surface area contributed by atoms with Gasteiger partial charge in [-0.3, -0.25) is 24.0 Å². The van der Waals surface area contributed by atoms with Gasteiger partial charge in [0, 0.05) is 24.7 Å². The van der Waals surface area contributed by atoms with Gasteiger partial charge in [-0.2, -0.15) is 0 Å². The Morgan fingerprint density at radius 2 is 1.43 bits per heavy atom. The summed E-state index contributed by atoms with van der Waals surface area (Å²) in [5.41, 5.74) is 7.91. The number of hydrogen-bond donors (Lipinski definition) is 8. The normalized spacial score (nSPS) is 12.8. The number of phenols is 1. The van der Waals surface area contributed by atoms with Crippen molar-refractivity contribution in [3.05, 3.63) is 83.9 Å². The van der Waals surface area contributed by atoms with Gasteiger partial charge < -0.3 is 42.2 Å². The van der Waals surface area contributed by atoms with Crippen LogP contribution >= 0.6 is 0 Å². The third kappa shape index (κ3) is 10.4. The van der Waals surface area contributed by atoms with Crippen LogP contribution in [-0.2, 0) is 43.2 Å². The van der Waals surface area contributed by atoms with Crippen LogP contribution in [0.25, 0.3) is 0 Å². The number of carbonyl (C=O) groups is 5. The van der Waals surface area contributed by atoms with Crippen LogP contribution in [0.2, 0.25) is 0 Å². The second kappa shape index (κ2) is 15.5. The number of nitrogens with one attached hydrogen (secondary N) is 5. The third-order valence-electron chi connectivity index (χ3n) is 6.11. The summed E-state index contributed by atoms with van der Waals surface area (Å²) in [5.74, 6) is -3.86. The lowest BCUT2D eigenvalue weighted by molar-refractivity contribution is -0.138. The van der Waals surface area contributed by atoms with Gasteiger partial charge in [0.15, 0.2) is 0 Å². The molecular weight excluding hydrogens is 546 g/mol. The van der Waals surface area contributed by atoms with Crippen molar-refractivity contribution in [2.45, 2.75) is 37.4 Å². The van der Waals surface area contributed by atoms with Crippen molar-refractivity contribution in [1.29, 1.82) is 0 Å². The van der Waals surface area contributed by atoms with Crippen LogP contribution in [0.5, 0.6) is 5.75 Å². The van der Waals surface area contributed by atoms with E-state index in [1.54, 1.807) is 42.5 Å². The molecule has 0 bridgehead atoms. The van der Waals surface area contributed by atoms with E-state index in [1.165, 1.54) is 24.7 Å². The largest absolute Gasteiger partial charge is 0.508 e. The summed E-state index contributed by atoms with van der Waals surface area (Å²) in [6, 6.07) is 11.8. The molecule has 0 unspecified atom stereocenters. The fourth-order valence-corrected chi connectivity index (χ4v) is 3.97. The molecule has 1 aromatic heterocycles. The first kappa shape index (κ1) is 31.3. The molecule has 3 rings (SSSR count). The highest BCUT2D eigenvalue weighted by Gasteiger charge is 2.28. The number of aliphatic carboxylic acids is 1. The van der Waals surface area contributed by atoms with Crippen molar-refractivity contribution in [1.82, 2.24) is 31.2 Å². The number of aromatic amines is 1. The van der Waals surface area contributed by atoms with Crippen molar-refractivity contribution in [3.8, 4) is 5.75 Å². The zero-order chi connectivity index (χ0) is 30.5. The second-order valence-electron chi connectivity index (χ2n) is 9.46. The number of imidazole rings is 1. The number of carboxylic acid groups (broad SMARTS) is 1. The van der Waals surface area contributed by atoms with Crippen molar-refractivity contribution in [2.75, 3.05) is 13.1 Å². The number of carboxylic acids is 1. The number of nitrogens with two attached hydrogens (primary N) is 1. The lowest BCUT2D eigenvalue weighted by Crippen LogP contribution is -2.56. The van der Waals surface area contributed by atoms with Gasteiger partial charge in [0.2, 0.25) is 23.6 Å². The maximum absolute atomic E-state index is 13.4. The minimum absolute atomic E-state index is 0.0157. The molecule has 0 radical (unpaired) electrons. The van der Waals surface area contributed by atoms with Crippen LogP contribution in [0, 0.1) is 0 Å². The molecular formula is C28H33N7O7. The summed E-state index contributed by atoms with van der Waals surface area (Å²) in [6.07, 6.45) is 3.08. The van der Waals surface area contributed by atoms with E-state index in [-0.39, 0.29) is 25.0 Å². The highest BCUT2D eigenvalue weighted by Crippen LogP contribution is 2.11. The SMILES string of the molecule is N[C@@H](Cc1ccc(O)cc1)C(=O)NCC(=O)N[C@@H](Cc1ccccc1)C(=O)N[C@@H](Cc1cnc[nH]1)C(=O)NCC(=O)O. The zero-order valence-corrected chi connectivity index (χ0v) is 22.6. The van der Waals surface area contributed by atoms with Gasteiger partial charge in [0.05, 0.1) is 18.9 Å². The molecule has 0 spiro atoms. The first-order chi connectivity index (χ1) is 20.1. The number of carbonyl (C=O) groups excluding carboxylic acids is 4. The molecule has 0 fully saturated rings. The highest BCUT2D eigenvalue weighted by atomic mass is 16.4. The molecule has 3 atom stereocenters. The highest BCUT2D eigenvalue weighted by molar-refractivity contribution is 5.94. The molecule has 42 heavy (non-hydrogen) atoms. The van der Waals surface area contributed by atoms with E-state index in [9.17, 15) is 29.1 Å². The van der Waals surface area contributed by atoms with Gasteiger partial charge in [-0.25, -0.2) is 4.98 Å². The van der Waals surface area contributed by atoms with E-state index in [4.69, 9.17) is 10.8 Å². The minimum atomic E-state index is -1.26. The fourth-order valence-electron chi connectivity index (χ4n) is 3.97. The minimum Gasteiger partial charge on any atom is -0.508 e. The van der Waals surface area contributed by atoms with Crippen molar-refractivity contribution >= 4 is 29.6 Å². The first-order valence-corrected chi connectivity index (χ1v) is 13.0. The molecule has 2 aromatic carbocycles. The average molecular weight is 580 g/mol. The predicted octanol–water partition coefficient (Wildman–Crippen LogP) is -1.24. The number of amides is 4. The van der Waals surface area contributed by atoms with Crippen LogP contribution in [-0.4, -0.2) is 81.0 Å². The number of rotatable bonds is 15. The molecule has 14 heteroatoms. The quantitative estimate of drug-likeness (QED) is 0.107. The summed E-state index contributed by atoms with van der Waals surface area (Å²) < 4.78 is 0. The van der Waals surface area contributed by atoms with E-state index in [0.29, 0.717) is 5.69 Å². The second-order valence-corrected chi connectivity index (χ2v) is 9.46. The number of H-pyrrole nitrogens is 1. The fraction of sp³-hybridized carbons (Fsp3) is 0.286. The van der Waals surface area contributed by atoms with Crippen LogP contribution in [0.3, 0.4) is 0 Å². The molecule has 222 valence electrons. The van der Waals surface area contributed by atoms with E-state index < -0.39 is 60.8 Å². The number of benzene rings is 2. The molecule has 1 heterocycles. The van der Waals surface area contributed by atoms with Crippen molar-refractivity contribution in [2.24, 2.45) is 5.73 Å². The maximum atomic E-state index is 13.4. The van der Waals surface area contributed by atoms with E-state index in [1.807, 2.05) is 0 Å². The molecule has 0 aliphatic carbocycles. The molecule has 0 aliphatic heterocycles. The molecule has 3 aromatic rings. The summed E-state index contributed by atoms with van der Waals surface area (Å²) in [5, 5.41) is 28.2. The van der Waals surface area contributed by atoms with Gasteiger partial charge in [-0.1, -0.05) is 42.5 Å². The zero-order valence-electron chi connectivity index (χ0n) is 22.6. The van der Waals surface area contributed by atoms with Crippen LogP contribution in [0.4, 0.5) is 0 Å². The van der Waals surface area contributed by atoms with Crippen LogP contribution in [0.15, 0.2) is 67.1 Å². The Balaban J connectivity index is 1.65. The number of phenolic OH excluding ortho intramolecular Hbond substituents is 1. The summed E-state index contributed by atoms with van der Waals surface area (Å²) in [6.45, 7) is -1.11. The number of aromatic nitrogens is 2. The lowest BCUT2D eigenvalue weighted by Gasteiger charge is -2.23. The van der Waals surface area contributed by atoms with Crippen LogP contribution < -0.4 is 27.0 Å². The molecule has 0 saturated heterocycles. The topological polar surface area (TPSA) is 229 Å². The van der Waals surface area contributed by atoms with E-state index in [0.717, 1.165) is 11.1 Å². The predicted molar refractivity (Wildman–Crippen MR) is 150 cm³/mol. The van der Waals surface area contributed by atoms with Crippen molar-refractivity contribution < 1.29 is 34.2 Å². The van der Waals surface area contributed by atoms with Gasteiger partial charge >= 0.3 is 5.97 Å². The monoisotopic (exact) mass is 579 g/mol. The Labute approximate surface area is 241 Å². The molecule has 0 saturated carbocycles. The van der Waals surface area contributed by atoms with Crippen LogP contribution in [0.1, 0.15) is 16.8 Å². The first-order valence-electron chi connectivity index (χ1n) is 13.0. The molecule has 14 nitrogen and oxygen atoms in total. The summed E-state index contributed by atoms with van der Waals surface area (Å²) in [4.78, 5) is 69.0. The standard InChI is InChI=1S/C28H33N7O7/c29-21(10-18-6-8-20(36)9-7-18)26(40)31-14-24(37)34-22(11-17-4-2-1-3-5-17)28(42)35-23(12-19-13-30-16-33-19)27(41)32-15-25(38)39/h1-9,13,16,21-23,36H,10-12,14-15,29H2,(H,30,33)(H,31,40)(H,32,41)(H,34,37)(H,35,42)(H,38,39)/t21-,22-,23-/m0/s1. The Morgan fingerprint density at radius 1 is 0.786 bits per heavy atom. The van der Waals surface area contributed by atoms with Gasteiger partial charge in [-0.15, -0.1) is 0 Å². The van der Waals surface area contributed by atoms with Crippen molar-refractivity contribution in [3.63, 3.8) is 0 Å². The lowest BCUT2D eigenvalue weighted by atomic mass is 10.0. The Hall–Kier alpha value is -5.24. The van der Waals surface area contributed by atoms with Gasteiger partial charge in [0.1, 0.15) is 24.4 Å². The Kier molecular flexibility index (Phi) is 11.6. The molecule has 4 amide bonds. The average Bonchev–Trinajstić information content (AvgIpc) is 3.48. The van der Waals surface area contributed by atoms with E-state index >= 15 is 0 Å². The van der Waals surface area contributed by atoms with Gasteiger partial charge in [0.25, 0.3) is 0 Å². The summed E-state index contributed by atoms with van der Waals surface area (Å²) in [7, 11) is 0. The molecule has 0 aliphatic rings. The molecule has 9 N–H and O–H groups in total.